The zero-order valence-corrected chi connectivity index (χ0v) is 11.1. The highest BCUT2D eigenvalue weighted by atomic mass is 19.1. The summed E-state index contributed by atoms with van der Waals surface area (Å²) in [6, 6.07) is 10.3. The molecule has 0 aliphatic heterocycles. The number of hydrogen-bond acceptors (Lipinski definition) is 2. The van der Waals surface area contributed by atoms with Crippen LogP contribution >= 0.6 is 0 Å². The Morgan fingerprint density at radius 2 is 2.00 bits per heavy atom. The Balaban J connectivity index is 1.93. The van der Waals surface area contributed by atoms with Crippen molar-refractivity contribution in [3.05, 3.63) is 71.3 Å². The summed E-state index contributed by atoms with van der Waals surface area (Å²) in [5.74, 6) is -1.71. The average Bonchev–Trinajstić information content (AvgIpc) is 2.44. The third-order valence-electron chi connectivity index (χ3n) is 2.81. The summed E-state index contributed by atoms with van der Waals surface area (Å²) < 4.78 is 26.1. The first-order valence-electron chi connectivity index (χ1n) is 6.30. The molecule has 0 aliphatic carbocycles. The number of rotatable bonds is 4. The number of halogens is 2. The maximum absolute atomic E-state index is 13.4. The lowest BCUT2D eigenvalue weighted by Gasteiger charge is -2.04. The molecule has 0 heterocycles. The number of nitrogen functional groups attached to an aromatic ring is 1. The van der Waals surface area contributed by atoms with E-state index < -0.39 is 11.6 Å². The van der Waals surface area contributed by atoms with E-state index in [9.17, 15) is 13.6 Å². The van der Waals surface area contributed by atoms with Gasteiger partial charge in [-0.3, -0.25) is 4.79 Å². The highest BCUT2D eigenvalue weighted by molar-refractivity contribution is 5.91. The number of nitrogens with two attached hydrogens (primary N) is 1. The van der Waals surface area contributed by atoms with Gasteiger partial charge in [-0.25, -0.2) is 8.78 Å². The molecule has 2 aromatic carbocycles. The van der Waals surface area contributed by atoms with Crippen LogP contribution in [0, 0.1) is 11.6 Å². The Labute approximate surface area is 121 Å². The van der Waals surface area contributed by atoms with Crippen LogP contribution in [0.1, 0.15) is 11.1 Å². The van der Waals surface area contributed by atoms with E-state index >= 15 is 0 Å². The first-order chi connectivity index (χ1) is 10.0. The number of carbonyl (C=O) groups is 1. The second-order valence-electron chi connectivity index (χ2n) is 4.46. The first-order valence-corrected chi connectivity index (χ1v) is 6.30. The van der Waals surface area contributed by atoms with Crippen molar-refractivity contribution in [2.45, 2.75) is 6.54 Å². The molecular formula is C16H14F2N2O. The van der Waals surface area contributed by atoms with E-state index in [1.165, 1.54) is 12.1 Å². The van der Waals surface area contributed by atoms with Crippen LogP contribution in [0.25, 0.3) is 6.08 Å². The standard InChI is InChI=1S/C16H14F2N2O/c17-13-6-5-12(15(18)9-13)10-20-16(21)7-4-11-2-1-3-14(19)8-11/h1-9H,10,19H2,(H,20,21)/b7-4+. The molecule has 3 nitrogen and oxygen atoms in total. The van der Waals surface area contributed by atoms with Crippen molar-refractivity contribution in [3.8, 4) is 0 Å². The number of benzene rings is 2. The van der Waals surface area contributed by atoms with Crippen molar-refractivity contribution in [1.82, 2.24) is 5.32 Å². The fourth-order valence-corrected chi connectivity index (χ4v) is 1.74. The zero-order chi connectivity index (χ0) is 15.2. The van der Waals surface area contributed by atoms with E-state index in [2.05, 4.69) is 5.32 Å². The van der Waals surface area contributed by atoms with Gasteiger partial charge in [0.15, 0.2) is 0 Å². The lowest BCUT2D eigenvalue weighted by molar-refractivity contribution is -0.116. The summed E-state index contributed by atoms with van der Waals surface area (Å²) in [5, 5.41) is 2.52. The maximum Gasteiger partial charge on any atom is 0.244 e. The molecule has 0 aromatic heterocycles. The highest BCUT2D eigenvalue weighted by Crippen LogP contribution is 2.10. The summed E-state index contributed by atoms with van der Waals surface area (Å²) in [7, 11) is 0. The lowest BCUT2D eigenvalue weighted by atomic mass is 10.2. The van der Waals surface area contributed by atoms with Gasteiger partial charge >= 0.3 is 0 Å². The molecule has 0 unspecified atom stereocenters. The molecule has 0 aliphatic rings. The molecule has 1 amide bonds. The molecule has 2 rings (SSSR count). The minimum absolute atomic E-state index is 0.00772. The minimum atomic E-state index is -0.685. The summed E-state index contributed by atoms with van der Waals surface area (Å²) >= 11 is 0. The molecule has 21 heavy (non-hydrogen) atoms. The van der Waals surface area contributed by atoms with E-state index in [1.807, 2.05) is 0 Å². The molecule has 0 saturated carbocycles. The van der Waals surface area contributed by atoms with Gasteiger partial charge in [-0.15, -0.1) is 0 Å². The lowest BCUT2D eigenvalue weighted by Crippen LogP contribution is -2.20. The number of hydrogen-bond donors (Lipinski definition) is 2. The van der Waals surface area contributed by atoms with Crippen LogP contribution in [0.15, 0.2) is 48.5 Å². The normalized spacial score (nSPS) is 10.8. The first kappa shape index (κ1) is 14.7. The minimum Gasteiger partial charge on any atom is -0.399 e. The Bertz CT molecular complexity index is 684. The van der Waals surface area contributed by atoms with Crippen LogP contribution < -0.4 is 11.1 Å². The molecule has 0 spiro atoms. The molecule has 0 fully saturated rings. The molecule has 5 heteroatoms. The summed E-state index contributed by atoms with van der Waals surface area (Å²) in [5.41, 5.74) is 7.24. The summed E-state index contributed by atoms with van der Waals surface area (Å²) in [6.07, 6.45) is 2.93. The number of carbonyl (C=O) groups excluding carboxylic acids is 1. The smallest absolute Gasteiger partial charge is 0.244 e. The second-order valence-corrected chi connectivity index (χ2v) is 4.46. The Morgan fingerprint density at radius 3 is 2.71 bits per heavy atom. The third kappa shape index (κ3) is 4.42. The third-order valence-corrected chi connectivity index (χ3v) is 2.81. The molecule has 3 N–H and O–H groups in total. The number of anilines is 1. The zero-order valence-electron chi connectivity index (χ0n) is 11.1. The molecule has 2 aromatic rings. The van der Waals surface area contributed by atoms with Crippen LogP contribution in [0.5, 0.6) is 0 Å². The predicted octanol–water partition coefficient (Wildman–Crippen LogP) is 2.88. The van der Waals surface area contributed by atoms with Gasteiger partial charge in [-0.2, -0.15) is 0 Å². The van der Waals surface area contributed by atoms with Crippen molar-refractivity contribution >= 4 is 17.7 Å². The van der Waals surface area contributed by atoms with Gasteiger partial charge in [-0.1, -0.05) is 18.2 Å². The highest BCUT2D eigenvalue weighted by Gasteiger charge is 2.04. The topological polar surface area (TPSA) is 55.1 Å². The van der Waals surface area contributed by atoms with Crippen LogP contribution in [-0.4, -0.2) is 5.91 Å². The summed E-state index contributed by atoms with van der Waals surface area (Å²) in [6.45, 7) is -0.00772. The van der Waals surface area contributed by atoms with E-state index in [4.69, 9.17) is 5.73 Å². The Morgan fingerprint density at radius 1 is 1.19 bits per heavy atom. The largest absolute Gasteiger partial charge is 0.399 e. The van der Waals surface area contributed by atoms with Crippen molar-refractivity contribution in [2.75, 3.05) is 5.73 Å². The predicted molar refractivity (Wildman–Crippen MR) is 78.1 cm³/mol. The molecular weight excluding hydrogens is 274 g/mol. The van der Waals surface area contributed by atoms with Crippen molar-refractivity contribution < 1.29 is 13.6 Å². The quantitative estimate of drug-likeness (QED) is 0.671. The molecule has 0 atom stereocenters. The van der Waals surface area contributed by atoms with Gasteiger partial charge in [0.1, 0.15) is 11.6 Å². The van der Waals surface area contributed by atoms with Crippen LogP contribution in [0.4, 0.5) is 14.5 Å². The monoisotopic (exact) mass is 288 g/mol. The molecule has 0 bridgehead atoms. The second kappa shape index (κ2) is 6.65. The van der Waals surface area contributed by atoms with Crippen molar-refractivity contribution in [1.29, 1.82) is 0 Å². The van der Waals surface area contributed by atoms with Gasteiger partial charge in [0.2, 0.25) is 5.91 Å². The molecule has 108 valence electrons. The fourth-order valence-electron chi connectivity index (χ4n) is 1.74. The Kier molecular flexibility index (Phi) is 4.66. The van der Waals surface area contributed by atoms with Crippen molar-refractivity contribution in [3.63, 3.8) is 0 Å². The number of amides is 1. The van der Waals surface area contributed by atoms with Gasteiger partial charge in [0.05, 0.1) is 0 Å². The SMILES string of the molecule is Nc1cccc(/C=C/C(=O)NCc2ccc(F)cc2F)c1. The van der Waals surface area contributed by atoms with Crippen LogP contribution in [-0.2, 0) is 11.3 Å². The van der Waals surface area contributed by atoms with E-state index in [0.29, 0.717) is 5.69 Å². The van der Waals surface area contributed by atoms with Gasteiger partial charge in [0.25, 0.3) is 0 Å². The van der Waals surface area contributed by atoms with Gasteiger partial charge in [-0.05, 0) is 29.8 Å². The van der Waals surface area contributed by atoms with Crippen LogP contribution in [0.2, 0.25) is 0 Å². The fraction of sp³-hybridized carbons (Fsp3) is 0.0625. The maximum atomic E-state index is 13.4. The van der Waals surface area contributed by atoms with E-state index in [1.54, 1.807) is 30.3 Å². The molecule has 0 radical (unpaired) electrons. The van der Waals surface area contributed by atoms with Gasteiger partial charge in [0, 0.05) is 29.9 Å². The summed E-state index contributed by atoms with van der Waals surface area (Å²) in [4.78, 5) is 11.6. The van der Waals surface area contributed by atoms with Crippen LogP contribution in [0.3, 0.4) is 0 Å². The average molecular weight is 288 g/mol. The van der Waals surface area contributed by atoms with Gasteiger partial charge < -0.3 is 11.1 Å². The van der Waals surface area contributed by atoms with E-state index in [0.717, 1.165) is 17.7 Å². The number of nitrogens with one attached hydrogen (secondary N) is 1. The van der Waals surface area contributed by atoms with E-state index in [-0.39, 0.29) is 18.0 Å². The molecule has 0 saturated heterocycles. The van der Waals surface area contributed by atoms with Crippen molar-refractivity contribution in [2.24, 2.45) is 0 Å². The Hall–Kier alpha value is -2.69.